The van der Waals surface area contributed by atoms with Gasteiger partial charge in [-0.05, 0) is 27.2 Å². The zero-order valence-electron chi connectivity index (χ0n) is 10.6. The predicted octanol–water partition coefficient (Wildman–Crippen LogP) is 0.397. The molecule has 1 amide bonds. The van der Waals surface area contributed by atoms with E-state index in [4.69, 9.17) is 15.7 Å². The number of nitrogens with two attached hydrogens (primary N) is 1. The van der Waals surface area contributed by atoms with Crippen LogP contribution in [0, 0.1) is 0 Å². The Morgan fingerprint density at radius 2 is 2.06 bits per heavy atom. The highest BCUT2D eigenvalue weighted by atomic mass is 16.6. The number of carbonyl (C=O) groups excluding carboxylic acids is 1. The first-order valence-corrected chi connectivity index (χ1v) is 5.36. The van der Waals surface area contributed by atoms with E-state index in [1.54, 1.807) is 27.7 Å². The maximum absolute atomic E-state index is 11.5. The van der Waals surface area contributed by atoms with E-state index >= 15 is 0 Å². The van der Waals surface area contributed by atoms with Crippen LogP contribution in [0.3, 0.4) is 0 Å². The van der Waals surface area contributed by atoms with Crippen LogP contribution in [0.4, 0.5) is 4.79 Å². The Bertz CT molecular complexity index is 286. The molecule has 0 heterocycles. The third-order valence-electron chi connectivity index (χ3n) is 1.94. The van der Waals surface area contributed by atoms with Crippen LogP contribution in [0.25, 0.3) is 0 Å². The fourth-order valence-corrected chi connectivity index (χ4v) is 1.13. The first kappa shape index (κ1) is 15.5. The fourth-order valence-electron chi connectivity index (χ4n) is 1.13. The largest absolute Gasteiger partial charge is 0.444 e. The number of rotatable bonds is 4. The molecule has 0 radical (unpaired) electrons. The number of nitrogens with zero attached hydrogens (tertiary/aromatic N) is 1. The molecule has 0 spiro atoms. The van der Waals surface area contributed by atoms with E-state index in [1.165, 1.54) is 0 Å². The van der Waals surface area contributed by atoms with Gasteiger partial charge in [-0.25, -0.2) is 4.79 Å². The first-order valence-electron chi connectivity index (χ1n) is 5.36. The number of ether oxygens (including phenoxy) is 1. The van der Waals surface area contributed by atoms with Gasteiger partial charge in [0, 0.05) is 0 Å². The lowest BCUT2D eigenvalue weighted by atomic mass is 10.1. The molecule has 0 aromatic carbocycles. The summed E-state index contributed by atoms with van der Waals surface area (Å²) in [5.74, 6) is -0.354. The van der Waals surface area contributed by atoms with E-state index in [2.05, 4.69) is 10.5 Å². The molecule has 0 aliphatic rings. The third-order valence-corrected chi connectivity index (χ3v) is 1.94. The molecule has 0 aromatic heterocycles. The molecule has 0 aromatic rings. The van der Waals surface area contributed by atoms with Crippen LogP contribution in [-0.4, -0.2) is 40.0 Å². The lowest BCUT2D eigenvalue weighted by Gasteiger charge is -2.25. The van der Waals surface area contributed by atoms with Gasteiger partial charge in [0.05, 0.1) is 6.04 Å². The van der Waals surface area contributed by atoms with Crippen molar-refractivity contribution in [1.29, 1.82) is 0 Å². The van der Waals surface area contributed by atoms with E-state index in [0.29, 0.717) is 6.42 Å². The van der Waals surface area contributed by atoms with Crippen molar-refractivity contribution in [3.8, 4) is 0 Å². The summed E-state index contributed by atoms with van der Waals surface area (Å²) in [5.41, 5.74) is 4.63. The number of alkyl carbamates (subject to hydrolysis) is 1. The number of carbonyl (C=O) groups is 1. The molecule has 100 valence electrons. The standard InChI is InChI=1S/C10H21N3O4/c1-5-6(7(14)8(11)13-16)12-9(15)17-10(2,3)4/h6-7,14,16H,5H2,1-4H3,(H2,11,13)(H,12,15)/t6-,7?/m1/s1. The highest BCUT2D eigenvalue weighted by Crippen LogP contribution is 2.08. The van der Waals surface area contributed by atoms with Gasteiger partial charge in [-0.2, -0.15) is 0 Å². The summed E-state index contributed by atoms with van der Waals surface area (Å²) in [7, 11) is 0. The van der Waals surface area contributed by atoms with Gasteiger partial charge in [0.25, 0.3) is 0 Å². The molecule has 7 heteroatoms. The second-order valence-corrected chi connectivity index (χ2v) is 4.63. The molecular formula is C10H21N3O4. The molecule has 0 rings (SSSR count). The van der Waals surface area contributed by atoms with E-state index in [1.807, 2.05) is 0 Å². The molecule has 17 heavy (non-hydrogen) atoms. The topological polar surface area (TPSA) is 117 Å². The number of aliphatic hydroxyl groups excluding tert-OH is 1. The number of hydrogen-bond acceptors (Lipinski definition) is 5. The van der Waals surface area contributed by atoms with Crippen molar-refractivity contribution in [2.24, 2.45) is 10.9 Å². The Labute approximate surface area is 101 Å². The summed E-state index contributed by atoms with van der Waals surface area (Å²) in [6.07, 6.45) is -1.50. The van der Waals surface area contributed by atoms with Gasteiger partial charge in [-0.1, -0.05) is 12.1 Å². The van der Waals surface area contributed by atoms with Crippen LogP contribution >= 0.6 is 0 Å². The van der Waals surface area contributed by atoms with Crippen molar-refractivity contribution in [2.75, 3.05) is 0 Å². The molecule has 0 fully saturated rings. The number of amidine groups is 1. The van der Waals surface area contributed by atoms with E-state index in [9.17, 15) is 9.90 Å². The molecule has 1 unspecified atom stereocenters. The van der Waals surface area contributed by atoms with Gasteiger partial charge in [-0.15, -0.1) is 0 Å². The predicted molar refractivity (Wildman–Crippen MR) is 62.9 cm³/mol. The van der Waals surface area contributed by atoms with Crippen molar-refractivity contribution < 1.29 is 19.8 Å². The number of oxime groups is 1. The van der Waals surface area contributed by atoms with Crippen LogP contribution in [0.5, 0.6) is 0 Å². The monoisotopic (exact) mass is 247 g/mol. The Kier molecular flexibility index (Phi) is 5.73. The van der Waals surface area contributed by atoms with Gasteiger partial charge in [0.2, 0.25) is 0 Å². The summed E-state index contributed by atoms with van der Waals surface area (Å²) in [4.78, 5) is 11.5. The molecule has 5 N–H and O–H groups in total. The number of aliphatic hydroxyl groups is 1. The average Bonchev–Trinajstić information content (AvgIpc) is 2.21. The summed E-state index contributed by atoms with van der Waals surface area (Å²) >= 11 is 0. The molecule has 0 aliphatic carbocycles. The highest BCUT2D eigenvalue weighted by molar-refractivity contribution is 5.85. The van der Waals surface area contributed by atoms with E-state index in [0.717, 1.165) is 0 Å². The highest BCUT2D eigenvalue weighted by Gasteiger charge is 2.25. The molecular weight excluding hydrogens is 226 g/mol. The van der Waals surface area contributed by atoms with Crippen LogP contribution in [0.1, 0.15) is 34.1 Å². The Morgan fingerprint density at radius 3 is 2.41 bits per heavy atom. The molecule has 7 nitrogen and oxygen atoms in total. The fraction of sp³-hybridized carbons (Fsp3) is 0.800. The van der Waals surface area contributed by atoms with Gasteiger partial charge < -0.3 is 26.1 Å². The molecule has 0 saturated carbocycles. The maximum Gasteiger partial charge on any atom is 0.407 e. The lowest BCUT2D eigenvalue weighted by molar-refractivity contribution is 0.0459. The van der Waals surface area contributed by atoms with Gasteiger partial charge in [-0.3, -0.25) is 0 Å². The smallest absolute Gasteiger partial charge is 0.407 e. The minimum atomic E-state index is -1.25. The Balaban J connectivity index is 4.46. The second kappa shape index (κ2) is 6.29. The zero-order chi connectivity index (χ0) is 13.6. The van der Waals surface area contributed by atoms with Crippen LogP contribution in [0.2, 0.25) is 0 Å². The summed E-state index contributed by atoms with van der Waals surface area (Å²) < 4.78 is 5.03. The van der Waals surface area contributed by atoms with Crippen LogP contribution < -0.4 is 11.1 Å². The quantitative estimate of drug-likeness (QED) is 0.248. The molecule has 0 aliphatic heterocycles. The SMILES string of the molecule is CC[C@@H](NC(=O)OC(C)(C)C)C(O)/C(N)=N/O. The third kappa shape index (κ3) is 5.96. The van der Waals surface area contributed by atoms with Crippen molar-refractivity contribution in [1.82, 2.24) is 5.32 Å². The van der Waals surface area contributed by atoms with E-state index < -0.39 is 23.8 Å². The van der Waals surface area contributed by atoms with Crippen LogP contribution in [-0.2, 0) is 4.74 Å². The summed E-state index contributed by atoms with van der Waals surface area (Å²) in [6, 6.07) is -0.666. The average molecular weight is 247 g/mol. The number of hydrogen-bond donors (Lipinski definition) is 4. The number of nitrogens with one attached hydrogen (secondary N) is 1. The normalized spacial score (nSPS) is 16.2. The van der Waals surface area contributed by atoms with Crippen molar-refractivity contribution >= 4 is 11.9 Å². The summed E-state index contributed by atoms with van der Waals surface area (Å²) in [6.45, 7) is 6.93. The Morgan fingerprint density at radius 1 is 1.53 bits per heavy atom. The molecule has 0 bridgehead atoms. The Hall–Kier alpha value is -1.50. The minimum Gasteiger partial charge on any atom is -0.444 e. The lowest BCUT2D eigenvalue weighted by Crippen LogP contribution is -2.50. The number of amides is 1. The maximum atomic E-state index is 11.5. The van der Waals surface area contributed by atoms with Gasteiger partial charge >= 0.3 is 6.09 Å². The minimum absolute atomic E-state index is 0.354. The molecule has 2 atom stereocenters. The zero-order valence-corrected chi connectivity index (χ0v) is 10.6. The van der Waals surface area contributed by atoms with Crippen molar-refractivity contribution in [2.45, 2.75) is 51.9 Å². The summed E-state index contributed by atoms with van der Waals surface area (Å²) in [5, 5.41) is 23.2. The van der Waals surface area contributed by atoms with Crippen molar-refractivity contribution in [3.05, 3.63) is 0 Å². The first-order chi connectivity index (χ1) is 7.71. The van der Waals surface area contributed by atoms with Crippen LogP contribution in [0.15, 0.2) is 5.16 Å². The van der Waals surface area contributed by atoms with E-state index in [-0.39, 0.29) is 5.84 Å². The second-order valence-electron chi connectivity index (χ2n) is 4.63. The van der Waals surface area contributed by atoms with Crippen molar-refractivity contribution in [3.63, 3.8) is 0 Å². The van der Waals surface area contributed by atoms with Gasteiger partial charge in [0.15, 0.2) is 5.84 Å². The van der Waals surface area contributed by atoms with Gasteiger partial charge in [0.1, 0.15) is 11.7 Å². The molecule has 0 saturated heterocycles.